The number of furan rings is 1. The van der Waals surface area contributed by atoms with Crippen molar-refractivity contribution >= 4 is 28.9 Å². The summed E-state index contributed by atoms with van der Waals surface area (Å²) in [7, 11) is 2.20. The number of carbonyl (C=O) groups is 1. The van der Waals surface area contributed by atoms with Gasteiger partial charge in [0, 0.05) is 47.6 Å². The molecule has 0 radical (unpaired) electrons. The minimum atomic E-state index is -0.173. The lowest BCUT2D eigenvalue weighted by Gasteiger charge is -2.26. The summed E-state index contributed by atoms with van der Waals surface area (Å²) in [5, 5.41) is 3.66. The second-order valence-electron chi connectivity index (χ2n) is 8.62. The van der Waals surface area contributed by atoms with Crippen LogP contribution in [0.1, 0.15) is 22.5 Å². The van der Waals surface area contributed by atoms with E-state index >= 15 is 0 Å². The minimum absolute atomic E-state index is 0.173. The summed E-state index contributed by atoms with van der Waals surface area (Å²) in [5.74, 6) is 1.84. The van der Waals surface area contributed by atoms with Crippen LogP contribution in [0.2, 0.25) is 5.02 Å². The second kappa shape index (κ2) is 8.06. The molecule has 3 heterocycles. The Balaban J connectivity index is 1.28. The molecule has 0 aliphatic carbocycles. The summed E-state index contributed by atoms with van der Waals surface area (Å²) in [6, 6.07) is 17.9. The van der Waals surface area contributed by atoms with Gasteiger partial charge in [0.25, 0.3) is 5.91 Å². The van der Waals surface area contributed by atoms with Gasteiger partial charge in [-0.3, -0.25) is 4.79 Å². The maximum absolute atomic E-state index is 12.9. The molecule has 1 amide bonds. The Hall–Kier alpha value is -2.76. The number of hydrogen-bond acceptors (Lipinski definition) is 4. The van der Waals surface area contributed by atoms with Gasteiger partial charge in [0.15, 0.2) is 0 Å². The summed E-state index contributed by atoms with van der Waals surface area (Å²) in [6.07, 6.45) is 1.25. The van der Waals surface area contributed by atoms with Gasteiger partial charge in [-0.05, 0) is 80.9 Å². The number of fused-ring (bicyclic) bond motifs is 1. The molecular formula is C25H26ClN3O2. The summed E-state index contributed by atoms with van der Waals surface area (Å²) < 4.78 is 5.82. The smallest absolute Gasteiger partial charge is 0.259 e. The van der Waals surface area contributed by atoms with E-state index in [1.165, 1.54) is 18.7 Å². The van der Waals surface area contributed by atoms with Crippen LogP contribution in [0.25, 0.3) is 11.3 Å². The van der Waals surface area contributed by atoms with Crippen molar-refractivity contribution in [2.24, 2.45) is 5.92 Å². The molecule has 0 bridgehead atoms. The Morgan fingerprint density at radius 1 is 1.10 bits per heavy atom. The van der Waals surface area contributed by atoms with Crippen LogP contribution in [0.15, 0.2) is 59.0 Å². The summed E-state index contributed by atoms with van der Waals surface area (Å²) in [4.78, 5) is 17.8. The van der Waals surface area contributed by atoms with E-state index in [-0.39, 0.29) is 5.91 Å². The SMILES string of the molecule is Cc1oc(-c2ccc(Cl)cc2)cc1C(=O)Nc1ccc(N2CC[C@H]3CN(C)C[C@H]32)cc1. The van der Waals surface area contributed by atoms with Crippen molar-refractivity contribution < 1.29 is 9.21 Å². The third kappa shape index (κ3) is 3.95. The maximum atomic E-state index is 12.9. The molecule has 0 saturated carbocycles. The van der Waals surface area contributed by atoms with Crippen LogP contribution >= 0.6 is 11.6 Å². The van der Waals surface area contributed by atoms with E-state index in [0.717, 1.165) is 30.3 Å². The number of rotatable bonds is 4. The summed E-state index contributed by atoms with van der Waals surface area (Å²) in [6.45, 7) is 5.23. The van der Waals surface area contributed by atoms with Crippen LogP contribution in [0, 0.1) is 12.8 Å². The Kier molecular flexibility index (Phi) is 5.24. The first-order chi connectivity index (χ1) is 15.0. The van der Waals surface area contributed by atoms with Crippen LogP contribution in [0.5, 0.6) is 0 Å². The van der Waals surface area contributed by atoms with Crippen LogP contribution in [-0.4, -0.2) is 43.5 Å². The standard InChI is InChI=1S/C25H26ClN3O2/c1-16-22(13-24(31-16)17-3-5-19(26)6-4-17)25(30)27-20-7-9-21(10-8-20)29-12-11-18-14-28(2)15-23(18)29/h3-10,13,18,23H,11-12,14-15H2,1-2H3,(H,27,30)/t18-,23+/m0/s1. The third-order valence-corrected chi connectivity index (χ3v) is 6.73. The van der Waals surface area contributed by atoms with Crippen molar-refractivity contribution in [1.29, 1.82) is 0 Å². The van der Waals surface area contributed by atoms with Crippen LogP contribution in [-0.2, 0) is 0 Å². The van der Waals surface area contributed by atoms with Crippen molar-refractivity contribution in [3.05, 3.63) is 70.9 Å². The molecule has 2 aliphatic rings. The fourth-order valence-corrected chi connectivity index (χ4v) is 5.02. The van der Waals surface area contributed by atoms with Gasteiger partial charge in [-0.2, -0.15) is 0 Å². The van der Waals surface area contributed by atoms with Crippen molar-refractivity contribution in [2.45, 2.75) is 19.4 Å². The topological polar surface area (TPSA) is 48.7 Å². The Morgan fingerprint density at radius 2 is 1.84 bits per heavy atom. The number of amides is 1. The first-order valence-electron chi connectivity index (χ1n) is 10.7. The number of nitrogens with zero attached hydrogens (tertiary/aromatic N) is 2. The highest BCUT2D eigenvalue weighted by atomic mass is 35.5. The van der Waals surface area contributed by atoms with E-state index in [2.05, 4.69) is 34.3 Å². The molecule has 5 rings (SSSR count). The minimum Gasteiger partial charge on any atom is -0.461 e. The Labute approximate surface area is 187 Å². The van der Waals surface area contributed by atoms with Crippen LogP contribution in [0.4, 0.5) is 11.4 Å². The zero-order valence-corrected chi connectivity index (χ0v) is 18.5. The van der Waals surface area contributed by atoms with E-state index in [9.17, 15) is 4.79 Å². The number of likely N-dealkylation sites (tertiary alicyclic amines) is 1. The molecule has 1 aromatic heterocycles. The monoisotopic (exact) mass is 435 g/mol. The lowest BCUT2D eigenvalue weighted by molar-refractivity contribution is 0.102. The number of anilines is 2. The molecule has 3 aromatic rings. The van der Waals surface area contributed by atoms with E-state index in [1.54, 1.807) is 13.0 Å². The van der Waals surface area contributed by atoms with Gasteiger partial charge < -0.3 is 19.5 Å². The number of nitrogens with one attached hydrogen (secondary N) is 1. The van der Waals surface area contributed by atoms with E-state index in [0.29, 0.717) is 28.1 Å². The normalized spacial score (nSPS) is 20.8. The Bertz CT molecular complexity index is 1090. The molecular weight excluding hydrogens is 410 g/mol. The highest BCUT2D eigenvalue weighted by Crippen LogP contribution is 2.35. The van der Waals surface area contributed by atoms with Crippen molar-refractivity contribution in [3.8, 4) is 11.3 Å². The lowest BCUT2D eigenvalue weighted by atomic mass is 10.0. The quantitative estimate of drug-likeness (QED) is 0.604. The average Bonchev–Trinajstić information content (AvgIpc) is 3.43. The van der Waals surface area contributed by atoms with E-state index in [1.807, 2.05) is 36.4 Å². The molecule has 0 unspecified atom stereocenters. The van der Waals surface area contributed by atoms with Gasteiger partial charge in [0.2, 0.25) is 0 Å². The van der Waals surface area contributed by atoms with Crippen LogP contribution in [0.3, 0.4) is 0 Å². The molecule has 160 valence electrons. The highest BCUT2D eigenvalue weighted by Gasteiger charge is 2.39. The van der Waals surface area contributed by atoms with Gasteiger partial charge in [-0.25, -0.2) is 0 Å². The zero-order chi connectivity index (χ0) is 21.5. The number of hydrogen-bond donors (Lipinski definition) is 1. The maximum Gasteiger partial charge on any atom is 0.259 e. The second-order valence-corrected chi connectivity index (χ2v) is 9.06. The third-order valence-electron chi connectivity index (χ3n) is 6.48. The predicted octanol–water partition coefficient (Wildman–Crippen LogP) is 5.30. The highest BCUT2D eigenvalue weighted by molar-refractivity contribution is 6.30. The van der Waals surface area contributed by atoms with Gasteiger partial charge in [-0.1, -0.05) is 11.6 Å². The van der Waals surface area contributed by atoms with E-state index in [4.69, 9.17) is 16.0 Å². The molecule has 2 fully saturated rings. The van der Waals surface area contributed by atoms with E-state index < -0.39 is 0 Å². The number of aryl methyl sites for hydroxylation is 1. The van der Waals surface area contributed by atoms with Crippen LogP contribution < -0.4 is 10.2 Å². The average molecular weight is 436 g/mol. The van der Waals surface area contributed by atoms with Crippen molar-refractivity contribution in [2.75, 3.05) is 36.9 Å². The lowest BCUT2D eigenvalue weighted by Crippen LogP contribution is -2.34. The molecule has 2 aromatic carbocycles. The summed E-state index contributed by atoms with van der Waals surface area (Å²) in [5.41, 5.74) is 3.43. The predicted molar refractivity (Wildman–Crippen MR) is 125 cm³/mol. The zero-order valence-electron chi connectivity index (χ0n) is 17.8. The molecule has 2 saturated heterocycles. The fraction of sp³-hybridized carbons (Fsp3) is 0.320. The first-order valence-corrected chi connectivity index (χ1v) is 11.1. The molecule has 2 atom stereocenters. The molecule has 1 N–H and O–H groups in total. The number of likely N-dealkylation sites (N-methyl/N-ethyl adjacent to an activating group) is 1. The van der Waals surface area contributed by atoms with Gasteiger partial charge in [0.1, 0.15) is 11.5 Å². The number of halogens is 1. The molecule has 6 heteroatoms. The summed E-state index contributed by atoms with van der Waals surface area (Å²) >= 11 is 5.96. The van der Waals surface area contributed by atoms with Gasteiger partial charge in [-0.15, -0.1) is 0 Å². The largest absolute Gasteiger partial charge is 0.461 e. The number of benzene rings is 2. The molecule has 31 heavy (non-hydrogen) atoms. The van der Waals surface area contributed by atoms with Gasteiger partial charge in [0.05, 0.1) is 5.56 Å². The van der Waals surface area contributed by atoms with Crippen molar-refractivity contribution in [3.63, 3.8) is 0 Å². The number of carbonyl (C=O) groups excluding carboxylic acids is 1. The Morgan fingerprint density at radius 3 is 2.58 bits per heavy atom. The fourth-order valence-electron chi connectivity index (χ4n) is 4.89. The first kappa shape index (κ1) is 20.2. The molecule has 5 nitrogen and oxygen atoms in total. The molecule has 2 aliphatic heterocycles. The molecule has 0 spiro atoms. The van der Waals surface area contributed by atoms with Crippen molar-refractivity contribution in [1.82, 2.24) is 4.90 Å². The van der Waals surface area contributed by atoms with Gasteiger partial charge >= 0.3 is 0 Å².